The first-order chi connectivity index (χ1) is 7.21. The SMILES string of the molecule is O=C(O)C12CC1CN(Cc1ncno1)C2. The predicted molar refractivity (Wildman–Crippen MR) is 47.8 cm³/mol. The summed E-state index contributed by atoms with van der Waals surface area (Å²) in [6.07, 6.45) is 2.18. The maximum absolute atomic E-state index is 11.0. The number of carbonyl (C=O) groups is 1. The summed E-state index contributed by atoms with van der Waals surface area (Å²) >= 11 is 0. The van der Waals surface area contributed by atoms with E-state index < -0.39 is 11.4 Å². The minimum atomic E-state index is -0.666. The molecule has 1 aromatic rings. The molecule has 0 spiro atoms. The molecule has 0 bridgehead atoms. The molecule has 0 aromatic carbocycles. The maximum Gasteiger partial charge on any atom is 0.311 e. The Balaban J connectivity index is 1.66. The van der Waals surface area contributed by atoms with Gasteiger partial charge in [0, 0.05) is 13.1 Å². The third kappa shape index (κ3) is 1.25. The molecule has 2 atom stereocenters. The Kier molecular flexibility index (Phi) is 1.64. The molecule has 1 saturated heterocycles. The largest absolute Gasteiger partial charge is 0.481 e. The number of carboxylic acids is 1. The lowest BCUT2D eigenvalue weighted by Crippen LogP contribution is -2.28. The Labute approximate surface area is 85.9 Å². The second-order valence-corrected chi connectivity index (χ2v) is 4.37. The quantitative estimate of drug-likeness (QED) is 0.753. The van der Waals surface area contributed by atoms with Crippen molar-refractivity contribution in [3.63, 3.8) is 0 Å². The Morgan fingerprint density at radius 3 is 3.27 bits per heavy atom. The lowest BCUT2D eigenvalue weighted by Gasteiger charge is -2.16. The highest BCUT2D eigenvalue weighted by atomic mass is 16.5. The van der Waals surface area contributed by atoms with Gasteiger partial charge in [-0.05, 0) is 12.3 Å². The van der Waals surface area contributed by atoms with E-state index in [-0.39, 0.29) is 0 Å². The summed E-state index contributed by atoms with van der Waals surface area (Å²) in [6, 6.07) is 0. The van der Waals surface area contributed by atoms with Crippen LogP contribution in [0.4, 0.5) is 0 Å². The molecular weight excluding hydrogens is 198 g/mol. The minimum absolute atomic E-state index is 0.318. The summed E-state index contributed by atoms with van der Waals surface area (Å²) in [4.78, 5) is 17.0. The number of aliphatic carboxylic acids is 1. The van der Waals surface area contributed by atoms with Crippen molar-refractivity contribution in [3.8, 4) is 0 Å². The lowest BCUT2D eigenvalue weighted by atomic mass is 10.1. The normalized spacial score (nSPS) is 34.0. The van der Waals surface area contributed by atoms with E-state index >= 15 is 0 Å². The van der Waals surface area contributed by atoms with Gasteiger partial charge < -0.3 is 9.63 Å². The van der Waals surface area contributed by atoms with Crippen molar-refractivity contribution in [2.24, 2.45) is 11.3 Å². The zero-order chi connectivity index (χ0) is 10.5. The molecule has 3 rings (SSSR count). The first-order valence-corrected chi connectivity index (χ1v) is 4.92. The predicted octanol–water partition coefficient (Wildman–Crippen LogP) is -0.0239. The highest BCUT2D eigenvalue weighted by Gasteiger charge is 2.65. The molecule has 15 heavy (non-hydrogen) atoms. The Morgan fingerprint density at radius 2 is 2.67 bits per heavy atom. The van der Waals surface area contributed by atoms with Gasteiger partial charge in [-0.3, -0.25) is 9.69 Å². The number of aromatic nitrogens is 2. The standard InChI is InChI=1S/C9H11N3O3/c13-8(14)9-1-6(9)2-12(4-9)3-7-10-5-11-15-7/h5-6H,1-4H2,(H,13,14). The van der Waals surface area contributed by atoms with Crippen LogP contribution in [-0.2, 0) is 11.3 Å². The van der Waals surface area contributed by atoms with Gasteiger partial charge in [-0.15, -0.1) is 0 Å². The van der Waals surface area contributed by atoms with Crippen LogP contribution >= 0.6 is 0 Å². The molecule has 1 aliphatic carbocycles. The molecule has 2 unspecified atom stereocenters. The van der Waals surface area contributed by atoms with Gasteiger partial charge in [0.1, 0.15) is 0 Å². The van der Waals surface area contributed by atoms with E-state index in [1.54, 1.807) is 0 Å². The molecule has 6 nitrogen and oxygen atoms in total. The fourth-order valence-corrected chi connectivity index (χ4v) is 2.50. The van der Waals surface area contributed by atoms with Gasteiger partial charge >= 0.3 is 5.97 Å². The van der Waals surface area contributed by atoms with E-state index in [4.69, 9.17) is 9.63 Å². The summed E-state index contributed by atoms with van der Waals surface area (Å²) in [7, 11) is 0. The number of rotatable bonds is 3. The second kappa shape index (κ2) is 2.79. The van der Waals surface area contributed by atoms with Crippen molar-refractivity contribution in [1.29, 1.82) is 0 Å². The number of piperidine rings is 1. The van der Waals surface area contributed by atoms with Crippen molar-refractivity contribution in [2.45, 2.75) is 13.0 Å². The van der Waals surface area contributed by atoms with Gasteiger partial charge in [-0.25, -0.2) is 0 Å². The lowest BCUT2D eigenvalue weighted by molar-refractivity contribution is -0.143. The van der Waals surface area contributed by atoms with Crippen molar-refractivity contribution < 1.29 is 14.4 Å². The third-order valence-electron chi connectivity index (χ3n) is 3.41. The van der Waals surface area contributed by atoms with Crippen LogP contribution in [0, 0.1) is 11.3 Å². The van der Waals surface area contributed by atoms with Gasteiger partial charge in [0.25, 0.3) is 0 Å². The van der Waals surface area contributed by atoms with Crippen molar-refractivity contribution >= 4 is 5.97 Å². The van der Waals surface area contributed by atoms with Gasteiger partial charge in [0.15, 0.2) is 6.33 Å². The number of hydrogen-bond donors (Lipinski definition) is 1. The zero-order valence-corrected chi connectivity index (χ0v) is 8.09. The number of fused-ring (bicyclic) bond motifs is 1. The Hall–Kier alpha value is -1.43. The first-order valence-electron chi connectivity index (χ1n) is 4.92. The molecular formula is C9H11N3O3. The van der Waals surface area contributed by atoms with Gasteiger partial charge in [0.05, 0.1) is 12.0 Å². The number of nitrogens with zero attached hydrogens (tertiary/aromatic N) is 3. The molecule has 2 heterocycles. The fourth-order valence-electron chi connectivity index (χ4n) is 2.50. The van der Waals surface area contributed by atoms with E-state index in [1.807, 2.05) is 0 Å². The van der Waals surface area contributed by atoms with Crippen molar-refractivity contribution in [3.05, 3.63) is 12.2 Å². The number of hydrogen-bond acceptors (Lipinski definition) is 5. The number of carboxylic acid groups (broad SMARTS) is 1. The van der Waals surface area contributed by atoms with Crippen molar-refractivity contribution in [1.82, 2.24) is 15.0 Å². The zero-order valence-electron chi connectivity index (χ0n) is 8.09. The highest BCUT2D eigenvalue weighted by Crippen LogP contribution is 2.57. The Bertz CT molecular complexity index is 391. The molecule has 2 aliphatic rings. The van der Waals surface area contributed by atoms with Gasteiger partial charge in [-0.2, -0.15) is 4.98 Å². The van der Waals surface area contributed by atoms with E-state index in [0.29, 0.717) is 24.9 Å². The van der Waals surface area contributed by atoms with Crippen LogP contribution in [0.5, 0.6) is 0 Å². The average molecular weight is 209 g/mol. The number of likely N-dealkylation sites (tertiary alicyclic amines) is 1. The molecule has 1 aromatic heterocycles. The topological polar surface area (TPSA) is 79.5 Å². The molecule has 80 valence electrons. The fraction of sp³-hybridized carbons (Fsp3) is 0.667. The smallest absolute Gasteiger partial charge is 0.311 e. The summed E-state index contributed by atoms with van der Waals surface area (Å²) in [5.41, 5.74) is -0.472. The molecule has 6 heteroatoms. The maximum atomic E-state index is 11.0. The van der Waals surface area contributed by atoms with Crippen LogP contribution in [-0.4, -0.2) is 39.2 Å². The van der Waals surface area contributed by atoms with Crippen LogP contribution in [0.25, 0.3) is 0 Å². The molecule has 1 N–H and O–H groups in total. The van der Waals surface area contributed by atoms with Crippen LogP contribution in [0.2, 0.25) is 0 Å². The summed E-state index contributed by atoms with van der Waals surface area (Å²) in [5.74, 6) is 0.204. The van der Waals surface area contributed by atoms with E-state index in [9.17, 15) is 4.79 Å². The summed E-state index contributed by atoms with van der Waals surface area (Å²) in [6.45, 7) is 2.00. The third-order valence-corrected chi connectivity index (χ3v) is 3.41. The van der Waals surface area contributed by atoms with E-state index in [1.165, 1.54) is 6.33 Å². The average Bonchev–Trinajstić information content (AvgIpc) is 2.64. The highest BCUT2D eigenvalue weighted by molar-refractivity contribution is 5.79. The first kappa shape index (κ1) is 8.84. The van der Waals surface area contributed by atoms with E-state index in [2.05, 4.69) is 15.0 Å². The second-order valence-electron chi connectivity index (χ2n) is 4.37. The molecule has 2 fully saturated rings. The minimum Gasteiger partial charge on any atom is -0.481 e. The molecule has 1 aliphatic heterocycles. The molecule has 0 radical (unpaired) electrons. The monoisotopic (exact) mass is 209 g/mol. The summed E-state index contributed by atoms with van der Waals surface area (Å²) in [5, 5.41) is 12.6. The van der Waals surface area contributed by atoms with Crippen LogP contribution in [0.15, 0.2) is 10.9 Å². The molecule has 1 saturated carbocycles. The van der Waals surface area contributed by atoms with Crippen LogP contribution in [0.1, 0.15) is 12.3 Å². The van der Waals surface area contributed by atoms with Crippen LogP contribution in [0.3, 0.4) is 0 Å². The summed E-state index contributed by atoms with van der Waals surface area (Å²) < 4.78 is 4.89. The van der Waals surface area contributed by atoms with Gasteiger partial charge in [-0.1, -0.05) is 5.16 Å². The van der Waals surface area contributed by atoms with E-state index in [0.717, 1.165) is 13.0 Å². The Morgan fingerprint density at radius 1 is 1.80 bits per heavy atom. The van der Waals surface area contributed by atoms with Crippen molar-refractivity contribution in [2.75, 3.05) is 13.1 Å². The van der Waals surface area contributed by atoms with Gasteiger partial charge in [0.2, 0.25) is 5.89 Å². The van der Waals surface area contributed by atoms with Crippen LogP contribution < -0.4 is 0 Å². The molecule has 0 amide bonds.